The number of halogens is 3. The molecule has 0 bridgehead atoms. The second-order valence-corrected chi connectivity index (χ2v) is 11.3. The fourth-order valence-corrected chi connectivity index (χ4v) is 4.45. The first kappa shape index (κ1) is 40.8. The molecule has 1 N–H and O–H groups in total. The number of hydrogen-bond acceptors (Lipinski definition) is 10. The van der Waals surface area contributed by atoms with Crippen molar-refractivity contribution in [3.63, 3.8) is 0 Å². The Morgan fingerprint density at radius 1 is 0.804 bits per heavy atom. The van der Waals surface area contributed by atoms with Crippen LogP contribution in [0.1, 0.15) is 65.3 Å². The van der Waals surface area contributed by atoms with Gasteiger partial charge in [-0.3, -0.25) is 19.6 Å². The number of carbonyl (C=O) groups excluding carboxylic acids is 2. The van der Waals surface area contributed by atoms with E-state index in [0.717, 1.165) is 50.1 Å². The van der Waals surface area contributed by atoms with Gasteiger partial charge in [-0.25, -0.2) is 0 Å². The SMILES string of the molecule is C=C(CCCC)NN(C)C(=O)c1cc(OCCOCCOCCOCCCCOc2ccc(Oc3cncc(C(F)(F)F)c3)cc2)ccc1C=O. The summed E-state index contributed by atoms with van der Waals surface area (Å²) in [4.78, 5) is 28.0. The van der Waals surface area contributed by atoms with Crippen molar-refractivity contribution in [2.75, 3.05) is 59.9 Å². The second kappa shape index (κ2) is 22.2. The molecule has 0 saturated heterocycles. The third-order valence-electron chi connectivity index (χ3n) is 7.14. The standard InChI is InChI=1S/C37H46F3N3O8/c1-4-5-8-28(2)42-43(3)36(45)35-24-33(10-9-29(35)27-44)50-22-21-48-20-19-47-18-17-46-15-6-7-16-49-31-11-13-32(14-12-31)51-34-23-30(25-41-26-34)37(38,39)40/h9-14,23-27,42H,2,4-8,15-22H2,1,3H3. The number of unbranched alkanes of at least 4 members (excludes halogenated alkanes) is 2. The number of carbonyl (C=O) groups is 2. The molecule has 1 heterocycles. The predicted octanol–water partition coefficient (Wildman–Crippen LogP) is 7.27. The number of allylic oxidation sites excluding steroid dienone is 1. The van der Waals surface area contributed by atoms with Crippen LogP contribution in [0.5, 0.6) is 23.0 Å². The number of nitrogens with one attached hydrogen (secondary N) is 1. The Kier molecular flexibility index (Phi) is 17.8. The summed E-state index contributed by atoms with van der Waals surface area (Å²) in [5.74, 6) is 1.04. The van der Waals surface area contributed by atoms with Gasteiger partial charge in [-0.2, -0.15) is 13.2 Å². The first-order valence-electron chi connectivity index (χ1n) is 16.7. The Morgan fingerprint density at radius 2 is 1.41 bits per heavy atom. The van der Waals surface area contributed by atoms with Crippen LogP contribution in [0.4, 0.5) is 13.2 Å². The van der Waals surface area contributed by atoms with Crippen LogP contribution in [0, 0.1) is 0 Å². The highest BCUT2D eigenvalue weighted by Crippen LogP contribution is 2.32. The van der Waals surface area contributed by atoms with Gasteiger partial charge in [0, 0.05) is 31.1 Å². The number of alkyl halides is 3. The van der Waals surface area contributed by atoms with Crippen LogP contribution in [-0.2, 0) is 20.4 Å². The molecule has 0 fully saturated rings. The highest BCUT2D eigenvalue weighted by molar-refractivity contribution is 6.01. The number of aldehydes is 1. The van der Waals surface area contributed by atoms with E-state index < -0.39 is 11.7 Å². The summed E-state index contributed by atoms with van der Waals surface area (Å²) >= 11 is 0. The molecule has 3 aromatic rings. The quantitative estimate of drug-likeness (QED) is 0.0545. The molecule has 0 atom stereocenters. The summed E-state index contributed by atoms with van der Waals surface area (Å²) in [7, 11) is 1.58. The van der Waals surface area contributed by atoms with Crippen LogP contribution in [0.2, 0.25) is 0 Å². The van der Waals surface area contributed by atoms with E-state index >= 15 is 0 Å². The fourth-order valence-electron chi connectivity index (χ4n) is 4.45. The summed E-state index contributed by atoms with van der Waals surface area (Å²) in [6.07, 6.45) is 2.39. The van der Waals surface area contributed by atoms with E-state index in [2.05, 4.69) is 23.9 Å². The minimum absolute atomic E-state index is 0.00705. The van der Waals surface area contributed by atoms with Crippen molar-refractivity contribution < 1.29 is 51.2 Å². The van der Waals surface area contributed by atoms with Crippen molar-refractivity contribution in [2.45, 2.75) is 45.2 Å². The maximum atomic E-state index is 12.9. The number of ether oxygens (including phenoxy) is 6. The summed E-state index contributed by atoms with van der Waals surface area (Å²) in [5.41, 5.74) is 3.29. The molecule has 2 aromatic carbocycles. The summed E-state index contributed by atoms with van der Waals surface area (Å²) in [6, 6.07) is 12.2. The van der Waals surface area contributed by atoms with Crippen molar-refractivity contribution in [1.82, 2.24) is 15.4 Å². The number of nitrogens with zero attached hydrogens (tertiary/aromatic N) is 2. The number of rotatable bonds is 25. The van der Waals surface area contributed by atoms with Crippen LogP contribution in [-0.4, -0.2) is 82.1 Å². The van der Waals surface area contributed by atoms with Gasteiger partial charge in [-0.05, 0) is 74.2 Å². The minimum Gasteiger partial charge on any atom is -0.494 e. The number of hydrazine groups is 1. The lowest BCUT2D eigenvalue weighted by Crippen LogP contribution is -2.39. The van der Waals surface area contributed by atoms with E-state index in [-0.39, 0.29) is 29.4 Å². The molecule has 3 rings (SSSR count). The monoisotopic (exact) mass is 717 g/mol. The number of pyridine rings is 1. The summed E-state index contributed by atoms with van der Waals surface area (Å²) in [6.45, 7) is 9.27. The summed E-state index contributed by atoms with van der Waals surface area (Å²) in [5, 5.41) is 1.31. The van der Waals surface area contributed by atoms with Crippen molar-refractivity contribution in [2.24, 2.45) is 0 Å². The number of amides is 1. The van der Waals surface area contributed by atoms with Crippen LogP contribution >= 0.6 is 0 Å². The van der Waals surface area contributed by atoms with Crippen molar-refractivity contribution in [1.29, 1.82) is 0 Å². The van der Waals surface area contributed by atoms with Gasteiger partial charge >= 0.3 is 6.18 Å². The predicted molar refractivity (Wildman–Crippen MR) is 184 cm³/mol. The van der Waals surface area contributed by atoms with Crippen LogP contribution < -0.4 is 19.6 Å². The Hall–Kier alpha value is -4.66. The van der Waals surface area contributed by atoms with E-state index in [1.807, 2.05) is 0 Å². The van der Waals surface area contributed by atoms with E-state index in [4.69, 9.17) is 28.4 Å². The van der Waals surface area contributed by atoms with E-state index in [0.29, 0.717) is 69.8 Å². The van der Waals surface area contributed by atoms with Gasteiger partial charge in [-0.15, -0.1) is 0 Å². The highest BCUT2D eigenvalue weighted by atomic mass is 19.4. The molecule has 14 heteroatoms. The Morgan fingerprint density at radius 3 is 2.08 bits per heavy atom. The Balaban J connectivity index is 1.18. The van der Waals surface area contributed by atoms with E-state index in [1.54, 1.807) is 49.5 Å². The molecule has 0 aliphatic rings. The molecule has 51 heavy (non-hydrogen) atoms. The maximum absolute atomic E-state index is 12.9. The average molecular weight is 718 g/mol. The molecule has 278 valence electrons. The zero-order valence-corrected chi connectivity index (χ0v) is 29.0. The van der Waals surface area contributed by atoms with Crippen LogP contribution in [0.25, 0.3) is 0 Å². The van der Waals surface area contributed by atoms with Gasteiger partial charge in [0.15, 0.2) is 6.29 Å². The largest absolute Gasteiger partial charge is 0.494 e. The zero-order valence-electron chi connectivity index (χ0n) is 29.0. The third-order valence-corrected chi connectivity index (χ3v) is 7.14. The molecular weight excluding hydrogens is 671 g/mol. The lowest BCUT2D eigenvalue weighted by atomic mass is 10.1. The van der Waals surface area contributed by atoms with Gasteiger partial charge in [0.25, 0.3) is 5.91 Å². The molecule has 11 nitrogen and oxygen atoms in total. The first-order chi connectivity index (χ1) is 24.6. The van der Waals surface area contributed by atoms with E-state index in [9.17, 15) is 22.8 Å². The lowest BCUT2D eigenvalue weighted by molar-refractivity contribution is -0.137. The normalized spacial score (nSPS) is 11.2. The molecule has 0 aliphatic heterocycles. The van der Waals surface area contributed by atoms with Crippen molar-refractivity contribution >= 4 is 12.2 Å². The molecular formula is C37H46F3N3O8. The topological polar surface area (TPSA) is 118 Å². The summed E-state index contributed by atoms with van der Waals surface area (Å²) < 4.78 is 72.1. The Labute approximate surface area is 296 Å². The number of hydrogen-bond donors (Lipinski definition) is 1. The average Bonchev–Trinajstić information content (AvgIpc) is 3.12. The molecule has 0 unspecified atom stereocenters. The second-order valence-electron chi connectivity index (χ2n) is 11.3. The number of benzene rings is 2. The molecule has 0 spiro atoms. The third kappa shape index (κ3) is 15.4. The zero-order chi connectivity index (χ0) is 36.9. The van der Waals surface area contributed by atoms with Crippen LogP contribution in [0.15, 0.2) is 73.2 Å². The molecule has 0 aliphatic carbocycles. The smallest absolute Gasteiger partial charge is 0.418 e. The maximum Gasteiger partial charge on any atom is 0.418 e. The molecule has 1 amide bonds. The van der Waals surface area contributed by atoms with Gasteiger partial charge < -0.3 is 33.8 Å². The van der Waals surface area contributed by atoms with Crippen molar-refractivity contribution in [3.8, 4) is 23.0 Å². The van der Waals surface area contributed by atoms with Gasteiger partial charge in [0.1, 0.15) is 29.6 Å². The van der Waals surface area contributed by atoms with Crippen LogP contribution in [0.3, 0.4) is 0 Å². The van der Waals surface area contributed by atoms with Gasteiger partial charge in [0.05, 0.1) is 57.0 Å². The number of aromatic nitrogens is 1. The molecule has 0 radical (unpaired) electrons. The van der Waals surface area contributed by atoms with Gasteiger partial charge in [0.2, 0.25) is 0 Å². The van der Waals surface area contributed by atoms with Gasteiger partial charge in [-0.1, -0.05) is 19.9 Å². The van der Waals surface area contributed by atoms with E-state index in [1.165, 1.54) is 11.2 Å². The minimum atomic E-state index is -4.49. The highest BCUT2D eigenvalue weighted by Gasteiger charge is 2.31. The fraction of sp³-hybridized carbons (Fsp3) is 0.432. The Bertz CT molecular complexity index is 1510. The first-order valence-corrected chi connectivity index (χ1v) is 16.7. The molecule has 0 saturated carbocycles. The molecule has 1 aromatic heterocycles. The van der Waals surface area contributed by atoms with Crippen molar-refractivity contribution in [3.05, 3.63) is 89.9 Å². The lowest BCUT2D eigenvalue weighted by Gasteiger charge is -2.22.